The van der Waals surface area contributed by atoms with Crippen LogP contribution in [0.4, 0.5) is 0 Å². The molecule has 4 heteroatoms. The number of aromatic nitrogens is 2. The van der Waals surface area contributed by atoms with E-state index in [0.717, 1.165) is 23.0 Å². The first kappa shape index (κ1) is 11.2. The van der Waals surface area contributed by atoms with Crippen molar-refractivity contribution < 1.29 is 4.74 Å². The fourth-order valence-electron chi connectivity index (χ4n) is 2.26. The van der Waals surface area contributed by atoms with Crippen LogP contribution in [0.2, 0.25) is 0 Å². The standard InChI is InChI=1S/C13H15BrN2O/c1-9-6-10-8-16(13-4-2-3-5-17-13)15-12(10)7-11(9)14/h6-8,13H,2-5H2,1H3. The summed E-state index contributed by atoms with van der Waals surface area (Å²) in [7, 11) is 0. The molecule has 1 aliphatic heterocycles. The minimum atomic E-state index is 0.121. The number of aryl methyl sites for hydroxylation is 1. The molecule has 1 fully saturated rings. The molecule has 0 aliphatic carbocycles. The van der Waals surface area contributed by atoms with Crippen LogP contribution in [-0.2, 0) is 4.74 Å². The van der Waals surface area contributed by atoms with Crippen molar-refractivity contribution in [2.24, 2.45) is 0 Å². The Hall–Kier alpha value is -0.870. The molecule has 0 amide bonds. The maximum atomic E-state index is 5.74. The van der Waals surface area contributed by atoms with Crippen LogP contribution >= 0.6 is 15.9 Å². The van der Waals surface area contributed by atoms with Crippen LogP contribution in [0.15, 0.2) is 22.8 Å². The van der Waals surface area contributed by atoms with Gasteiger partial charge >= 0.3 is 0 Å². The molecule has 1 aliphatic rings. The Bertz CT molecular complexity index is 505. The second-order valence-corrected chi connectivity index (χ2v) is 5.44. The number of rotatable bonds is 1. The van der Waals surface area contributed by atoms with E-state index in [0.29, 0.717) is 0 Å². The van der Waals surface area contributed by atoms with E-state index >= 15 is 0 Å². The smallest absolute Gasteiger partial charge is 0.150 e. The van der Waals surface area contributed by atoms with Crippen LogP contribution in [0.1, 0.15) is 31.1 Å². The van der Waals surface area contributed by atoms with Crippen molar-refractivity contribution in [1.29, 1.82) is 0 Å². The van der Waals surface area contributed by atoms with Crippen molar-refractivity contribution in [3.63, 3.8) is 0 Å². The van der Waals surface area contributed by atoms with Crippen molar-refractivity contribution in [3.8, 4) is 0 Å². The minimum absolute atomic E-state index is 0.121. The van der Waals surface area contributed by atoms with Crippen molar-refractivity contribution >= 4 is 26.8 Å². The third-order valence-electron chi connectivity index (χ3n) is 3.25. The van der Waals surface area contributed by atoms with Gasteiger partial charge in [0, 0.05) is 22.7 Å². The summed E-state index contributed by atoms with van der Waals surface area (Å²) in [4.78, 5) is 0. The molecule has 3 nitrogen and oxygen atoms in total. The number of halogens is 1. The van der Waals surface area contributed by atoms with Crippen LogP contribution in [0.5, 0.6) is 0 Å². The Morgan fingerprint density at radius 2 is 2.29 bits per heavy atom. The Labute approximate surface area is 109 Å². The van der Waals surface area contributed by atoms with Crippen LogP contribution in [0, 0.1) is 6.92 Å². The van der Waals surface area contributed by atoms with Gasteiger partial charge in [-0.05, 0) is 43.9 Å². The van der Waals surface area contributed by atoms with E-state index in [4.69, 9.17) is 4.74 Å². The molecule has 1 unspecified atom stereocenters. The highest BCUT2D eigenvalue weighted by Gasteiger charge is 2.17. The Morgan fingerprint density at radius 1 is 1.41 bits per heavy atom. The Morgan fingerprint density at radius 3 is 3.06 bits per heavy atom. The largest absolute Gasteiger partial charge is 0.357 e. The van der Waals surface area contributed by atoms with Crippen LogP contribution in [0.3, 0.4) is 0 Å². The molecule has 2 heterocycles. The highest BCUT2D eigenvalue weighted by atomic mass is 79.9. The number of nitrogens with zero attached hydrogens (tertiary/aromatic N) is 2. The first-order valence-electron chi connectivity index (χ1n) is 6.00. The van der Waals surface area contributed by atoms with Gasteiger partial charge in [-0.2, -0.15) is 5.10 Å². The van der Waals surface area contributed by atoms with Gasteiger partial charge in [0.15, 0.2) is 0 Å². The third-order valence-corrected chi connectivity index (χ3v) is 4.11. The van der Waals surface area contributed by atoms with Crippen molar-refractivity contribution in [1.82, 2.24) is 9.78 Å². The Kier molecular flexibility index (Phi) is 2.92. The lowest BCUT2D eigenvalue weighted by Crippen LogP contribution is -2.18. The van der Waals surface area contributed by atoms with E-state index < -0.39 is 0 Å². The van der Waals surface area contributed by atoms with Gasteiger partial charge in [-0.25, -0.2) is 4.68 Å². The number of benzene rings is 1. The normalized spacial score (nSPS) is 20.9. The molecule has 1 saturated heterocycles. The zero-order valence-electron chi connectivity index (χ0n) is 9.82. The second-order valence-electron chi connectivity index (χ2n) is 4.59. The predicted octanol–water partition coefficient (Wildman–Crippen LogP) is 3.81. The van der Waals surface area contributed by atoms with E-state index in [-0.39, 0.29) is 6.23 Å². The number of hydrogen-bond acceptors (Lipinski definition) is 2. The predicted molar refractivity (Wildman–Crippen MR) is 71.0 cm³/mol. The molecule has 17 heavy (non-hydrogen) atoms. The summed E-state index contributed by atoms with van der Waals surface area (Å²) in [6.45, 7) is 2.95. The summed E-state index contributed by atoms with van der Waals surface area (Å²) >= 11 is 3.54. The zero-order valence-corrected chi connectivity index (χ0v) is 11.4. The van der Waals surface area contributed by atoms with Gasteiger partial charge in [0.2, 0.25) is 0 Å². The lowest BCUT2D eigenvalue weighted by Gasteiger charge is -2.22. The lowest BCUT2D eigenvalue weighted by molar-refractivity contribution is -0.0390. The van der Waals surface area contributed by atoms with Crippen LogP contribution in [-0.4, -0.2) is 16.4 Å². The number of fused-ring (bicyclic) bond motifs is 1. The van der Waals surface area contributed by atoms with Gasteiger partial charge in [-0.15, -0.1) is 0 Å². The van der Waals surface area contributed by atoms with E-state index in [1.165, 1.54) is 23.8 Å². The summed E-state index contributed by atoms with van der Waals surface area (Å²) in [5, 5.41) is 5.78. The molecular formula is C13H15BrN2O. The van der Waals surface area contributed by atoms with E-state index in [2.05, 4.69) is 46.3 Å². The molecule has 2 aromatic rings. The van der Waals surface area contributed by atoms with Gasteiger partial charge in [-0.1, -0.05) is 15.9 Å². The molecule has 0 radical (unpaired) electrons. The topological polar surface area (TPSA) is 27.1 Å². The van der Waals surface area contributed by atoms with Crippen molar-refractivity contribution in [3.05, 3.63) is 28.4 Å². The molecule has 1 aromatic carbocycles. The first-order valence-corrected chi connectivity index (χ1v) is 6.80. The molecule has 0 N–H and O–H groups in total. The second kappa shape index (κ2) is 4.42. The fraction of sp³-hybridized carbons (Fsp3) is 0.462. The summed E-state index contributed by atoms with van der Waals surface area (Å²) in [5.41, 5.74) is 2.26. The quantitative estimate of drug-likeness (QED) is 0.800. The van der Waals surface area contributed by atoms with Gasteiger partial charge in [-0.3, -0.25) is 0 Å². The molecular weight excluding hydrogens is 280 g/mol. The van der Waals surface area contributed by atoms with Crippen LogP contribution < -0.4 is 0 Å². The molecule has 0 spiro atoms. The summed E-state index contributed by atoms with van der Waals surface area (Å²) in [6, 6.07) is 4.23. The summed E-state index contributed by atoms with van der Waals surface area (Å²) in [6.07, 6.45) is 5.67. The molecule has 0 saturated carbocycles. The minimum Gasteiger partial charge on any atom is -0.357 e. The third kappa shape index (κ3) is 2.11. The zero-order chi connectivity index (χ0) is 11.8. The van der Waals surface area contributed by atoms with Gasteiger partial charge in [0.05, 0.1) is 5.52 Å². The summed E-state index contributed by atoms with van der Waals surface area (Å²) < 4.78 is 8.82. The lowest BCUT2D eigenvalue weighted by atomic mass is 10.2. The van der Waals surface area contributed by atoms with E-state index in [1.54, 1.807) is 0 Å². The molecule has 1 atom stereocenters. The first-order chi connectivity index (χ1) is 8.24. The van der Waals surface area contributed by atoms with E-state index in [1.807, 2.05) is 4.68 Å². The average molecular weight is 295 g/mol. The number of hydrogen-bond donors (Lipinski definition) is 0. The molecule has 0 bridgehead atoms. The molecule has 3 rings (SSSR count). The van der Waals surface area contributed by atoms with Gasteiger partial charge < -0.3 is 4.74 Å². The summed E-state index contributed by atoms with van der Waals surface area (Å²) in [5.74, 6) is 0. The SMILES string of the molecule is Cc1cc2cn(C3CCCCO3)nc2cc1Br. The Balaban J connectivity index is 2.00. The van der Waals surface area contributed by atoms with Gasteiger partial charge in [0.1, 0.15) is 6.23 Å². The van der Waals surface area contributed by atoms with Gasteiger partial charge in [0.25, 0.3) is 0 Å². The average Bonchev–Trinajstić information content (AvgIpc) is 2.74. The fourth-order valence-corrected chi connectivity index (χ4v) is 2.59. The molecule has 90 valence electrons. The van der Waals surface area contributed by atoms with Crippen LogP contribution in [0.25, 0.3) is 10.9 Å². The highest BCUT2D eigenvalue weighted by molar-refractivity contribution is 9.10. The monoisotopic (exact) mass is 294 g/mol. The van der Waals surface area contributed by atoms with Crippen molar-refractivity contribution in [2.75, 3.05) is 6.61 Å². The maximum Gasteiger partial charge on any atom is 0.150 e. The number of ether oxygens (including phenoxy) is 1. The highest BCUT2D eigenvalue weighted by Crippen LogP contribution is 2.27. The van der Waals surface area contributed by atoms with E-state index in [9.17, 15) is 0 Å². The maximum absolute atomic E-state index is 5.74. The molecule has 1 aromatic heterocycles. The van der Waals surface area contributed by atoms with Crippen molar-refractivity contribution in [2.45, 2.75) is 32.4 Å².